The molecule has 1 aromatic heterocycles. The number of benzene rings is 2. The number of hydrogen-bond acceptors (Lipinski definition) is 6. The molecular weight excluding hydrogens is 498 g/mol. The highest BCUT2D eigenvalue weighted by Crippen LogP contribution is 2.23. The van der Waals surface area contributed by atoms with E-state index in [-0.39, 0.29) is 18.1 Å². The molecule has 1 aliphatic rings. The van der Waals surface area contributed by atoms with E-state index in [4.69, 9.17) is 16.4 Å². The van der Waals surface area contributed by atoms with E-state index in [9.17, 15) is 19.5 Å². The molecule has 10 nitrogen and oxygen atoms in total. The second-order valence-corrected chi connectivity index (χ2v) is 9.43. The van der Waals surface area contributed by atoms with Crippen LogP contribution >= 0.6 is 11.6 Å². The van der Waals surface area contributed by atoms with Crippen molar-refractivity contribution in [1.29, 1.82) is 0 Å². The average Bonchev–Trinajstić information content (AvgIpc) is 3.19. The fourth-order valence-corrected chi connectivity index (χ4v) is 4.41. The number of anilines is 1. The first kappa shape index (κ1) is 26.2. The smallest absolute Gasteiger partial charge is 0.434 e. The SMILES string of the molecule is CNc1ccc(C(=O)NCc2[nH]c(=O)n(OC(=O)N3CCC(CCc4ccc(Cl)cc4)CC3)c2O)cc1. The van der Waals surface area contributed by atoms with Crippen LogP contribution in [0.15, 0.2) is 53.3 Å². The standard InChI is InChI=1S/C26H30ClN5O5/c1-28-21-10-6-19(7-11-21)23(33)29-16-22-24(34)32(25(35)30-22)37-26(36)31-14-12-18(13-15-31)3-2-17-4-8-20(27)9-5-17/h4-11,18,28,34H,2-3,12-16H2,1H3,(H,29,33)(H,30,35). The average molecular weight is 528 g/mol. The predicted molar refractivity (Wildman–Crippen MR) is 140 cm³/mol. The fraction of sp³-hybridized carbons (Fsp3) is 0.346. The highest BCUT2D eigenvalue weighted by molar-refractivity contribution is 6.30. The molecular formula is C26H30ClN5O5. The summed E-state index contributed by atoms with van der Waals surface area (Å²) in [6.45, 7) is 0.843. The monoisotopic (exact) mass is 527 g/mol. The molecule has 1 fully saturated rings. The molecule has 196 valence electrons. The van der Waals surface area contributed by atoms with Crippen LogP contribution in [0.1, 0.15) is 40.9 Å². The van der Waals surface area contributed by atoms with E-state index in [1.807, 2.05) is 24.3 Å². The number of nitrogens with zero attached hydrogens (tertiary/aromatic N) is 2. The molecule has 4 rings (SSSR count). The molecule has 0 bridgehead atoms. The number of carbonyl (C=O) groups is 2. The number of halogens is 1. The summed E-state index contributed by atoms with van der Waals surface area (Å²) in [4.78, 5) is 46.4. The van der Waals surface area contributed by atoms with Crippen LogP contribution in [0, 0.1) is 5.92 Å². The molecule has 0 radical (unpaired) electrons. The van der Waals surface area contributed by atoms with Crippen LogP contribution in [0.2, 0.25) is 5.02 Å². The van der Waals surface area contributed by atoms with Crippen molar-refractivity contribution in [3.63, 3.8) is 0 Å². The van der Waals surface area contributed by atoms with Gasteiger partial charge in [-0.3, -0.25) is 4.79 Å². The topological polar surface area (TPSA) is 129 Å². The second kappa shape index (κ2) is 11.9. The molecule has 11 heteroatoms. The van der Waals surface area contributed by atoms with E-state index < -0.39 is 17.7 Å². The van der Waals surface area contributed by atoms with Crippen molar-refractivity contribution in [3.8, 4) is 5.88 Å². The molecule has 2 amide bonds. The Morgan fingerprint density at radius 2 is 1.78 bits per heavy atom. The zero-order valence-corrected chi connectivity index (χ0v) is 21.3. The third-order valence-corrected chi connectivity index (χ3v) is 6.81. The molecule has 3 aromatic rings. The Hall–Kier alpha value is -3.92. The minimum atomic E-state index is -0.814. The number of piperidine rings is 1. The minimum absolute atomic E-state index is 0.0268. The van der Waals surface area contributed by atoms with Crippen LogP contribution in [0.5, 0.6) is 5.88 Å². The number of aromatic nitrogens is 2. The Morgan fingerprint density at radius 3 is 2.43 bits per heavy atom. The molecule has 0 spiro atoms. The van der Waals surface area contributed by atoms with Gasteiger partial charge in [0.1, 0.15) is 5.69 Å². The van der Waals surface area contributed by atoms with Gasteiger partial charge in [-0.15, -0.1) is 0 Å². The first-order chi connectivity index (χ1) is 17.8. The van der Waals surface area contributed by atoms with Crippen LogP contribution in [0.4, 0.5) is 10.5 Å². The van der Waals surface area contributed by atoms with Gasteiger partial charge < -0.3 is 30.5 Å². The molecule has 4 N–H and O–H groups in total. The number of carbonyl (C=O) groups excluding carboxylic acids is 2. The van der Waals surface area contributed by atoms with Crippen molar-refractivity contribution in [1.82, 2.24) is 19.9 Å². The van der Waals surface area contributed by atoms with Crippen molar-refractivity contribution in [2.24, 2.45) is 5.92 Å². The maximum Gasteiger partial charge on any atom is 0.434 e. The van der Waals surface area contributed by atoms with Gasteiger partial charge in [0.2, 0.25) is 0 Å². The molecule has 0 aliphatic carbocycles. The summed E-state index contributed by atoms with van der Waals surface area (Å²) in [5.41, 5.74) is 1.72. The highest BCUT2D eigenvalue weighted by atomic mass is 35.5. The molecule has 0 atom stereocenters. The second-order valence-electron chi connectivity index (χ2n) is 8.99. The fourth-order valence-electron chi connectivity index (χ4n) is 4.28. The van der Waals surface area contributed by atoms with Crippen molar-refractivity contribution in [3.05, 3.63) is 80.9 Å². The normalized spacial score (nSPS) is 13.8. The van der Waals surface area contributed by atoms with Crippen LogP contribution in [-0.2, 0) is 13.0 Å². The Balaban J connectivity index is 1.26. The number of amides is 2. The van der Waals surface area contributed by atoms with Gasteiger partial charge in [0.15, 0.2) is 0 Å². The molecule has 1 saturated heterocycles. The van der Waals surface area contributed by atoms with Gasteiger partial charge in [0.05, 0.1) is 6.54 Å². The molecule has 1 aliphatic heterocycles. The zero-order chi connectivity index (χ0) is 26.4. The summed E-state index contributed by atoms with van der Waals surface area (Å²) in [5.74, 6) is -0.471. The lowest BCUT2D eigenvalue weighted by Crippen LogP contribution is -2.44. The lowest BCUT2D eigenvalue weighted by molar-refractivity contribution is 0.0677. The molecule has 0 unspecified atom stereocenters. The third kappa shape index (κ3) is 6.65. The number of likely N-dealkylation sites (tertiary alicyclic amines) is 1. The highest BCUT2D eigenvalue weighted by Gasteiger charge is 2.26. The largest absolute Gasteiger partial charge is 0.491 e. The number of H-pyrrole nitrogens is 1. The van der Waals surface area contributed by atoms with Crippen LogP contribution in [-0.4, -0.2) is 51.9 Å². The van der Waals surface area contributed by atoms with E-state index in [2.05, 4.69) is 15.6 Å². The Bertz CT molecular complexity index is 1280. The summed E-state index contributed by atoms with van der Waals surface area (Å²) in [5, 5.41) is 16.7. The molecule has 0 saturated carbocycles. The molecule has 37 heavy (non-hydrogen) atoms. The van der Waals surface area contributed by atoms with Gasteiger partial charge in [-0.25, -0.2) is 9.59 Å². The van der Waals surface area contributed by atoms with E-state index >= 15 is 0 Å². The third-order valence-electron chi connectivity index (χ3n) is 6.56. The number of imidazole rings is 1. The maximum atomic E-state index is 12.6. The summed E-state index contributed by atoms with van der Waals surface area (Å²) >= 11 is 5.94. The predicted octanol–water partition coefficient (Wildman–Crippen LogP) is 3.40. The number of rotatable bonds is 8. The first-order valence-corrected chi connectivity index (χ1v) is 12.5. The van der Waals surface area contributed by atoms with Gasteiger partial charge >= 0.3 is 11.8 Å². The van der Waals surface area contributed by atoms with Crippen molar-refractivity contribution in [2.45, 2.75) is 32.2 Å². The summed E-state index contributed by atoms with van der Waals surface area (Å²) in [6.07, 6.45) is 2.89. The number of nitrogens with one attached hydrogen (secondary N) is 3. The van der Waals surface area contributed by atoms with E-state index in [1.165, 1.54) is 10.5 Å². The Kier molecular flexibility index (Phi) is 8.39. The molecule has 2 heterocycles. The van der Waals surface area contributed by atoms with E-state index in [0.29, 0.717) is 29.3 Å². The lowest BCUT2D eigenvalue weighted by atomic mass is 9.91. The zero-order valence-electron chi connectivity index (χ0n) is 20.5. The number of hydrogen-bond donors (Lipinski definition) is 4. The number of aromatic amines is 1. The van der Waals surface area contributed by atoms with Crippen molar-refractivity contribution in [2.75, 3.05) is 25.5 Å². The quantitative estimate of drug-likeness (QED) is 0.355. The summed E-state index contributed by atoms with van der Waals surface area (Å²) in [6, 6.07) is 14.6. The van der Waals surface area contributed by atoms with E-state index in [0.717, 1.165) is 36.4 Å². The van der Waals surface area contributed by atoms with E-state index in [1.54, 1.807) is 31.3 Å². The lowest BCUT2D eigenvalue weighted by Gasteiger charge is -2.31. The van der Waals surface area contributed by atoms with Crippen molar-refractivity contribution >= 4 is 29.3 Å². The molecule has 2 aromatic carbocycles. The van der Waals surface area contributed by atoms with Gasteiger partial charge in [0.25, 0.3) is 11.8 Å². The van der Waals surface area contributed by atoms with Gasteiger partial charge in [0, 0.05) is 36.4 Å². The number of aromatic hydroxyl groups is 1. The first-order valence-electron chi connectivity index (χ1n) is 12.1. The maximum absolute atomic E-state index is 12.6. The van der Waals surface area contributed by atoms with Crippen LogP contribution < -0.4 is 21.2 Å². The van der Waals surface area contributed by atoms with Crippen LogP contribution in [0.25, 0.3) is 0 Å². The van der Waals surface area contributed by atoms with Gasteiger partial charge in [-0.1, -0.05) is 28.5 Å². The van der Waals surface area contributed by atoms with Gasteiger partial charge in [-0.05, 0) is 73.6 Å². The Morgan fingerprint density at radius 1 is 1.11 bits per heavy atom. The Labute approximate surface area is 219 Å². The summed E-state index contributed by atoms with van der Waals surface area (Å²) in [7, 11) is 1.78. The van der Waals surface area contributed by atoms with Crippen LogP contribution in [0.3, 0.4) is 0 Å². The summed E-state index contributed by atoms with van der Waals surface area (Å²) < 4.78 is 0.512. The number of aryl methyl sites for hydroxylation is 1. The minimum Gasteiger partial charge on any atom is -0.491 e. The van der Waals surface area contributed by atoms with Gasteiger partial charge in [-0.2, -0.15) is 0 Å². The van der Waals surface area contributed by atoms with Crippen molar-refractivity contribution < 1.29 is 19.5 Å².